The molecule has 14 heteroatoms. The fourth-order valence-corrected chi connectivity index (χ4v) is 2.44. The van der Waals surface area contributed by atoms with Gasteiger partial charge in [0.25, 0.3) is 0 Å². The van der Waals surface area contributed by atoms with E-state index < -0.39 is 72.3 Å². The van der Waals surface area contributed by atoms with Crippen molar-refractivity contribution in [1.29, 1.82) is 0 Å². The van der Waals surface area contributed by atoms with E-state index in [4.69, 9.17) is 20.4 Å². The second-order valence-electron chi connectivity index (χ2n) is 6.82. The van der Waals surface area contributed by atoms with Crippen LogP contribution in [0.25, 0.3) is 0 Å². The highest BCUT2D eigenvalue weighted by molar-refractivity contribution is 5.73. The Morgan fingerprint density at radius 1 is 0.679 bits per heavy atom. The van der Waals surface area contributed by atoms with Gasteiger partial charge in [-0.15, -0.1) is 0 Å². The van der Waals surface area contributed by atoms with Crippen molar-refractivity contribution in [3.63, 3.8) is 0 Å². The number of hydrogen-bond acceptors (Lipinski definition) is 12. The summed E-state index contributed by atoms with van der Waals surface area (Å²) in [6, 6.07) is 0. The minimum atomic E-state index is -2.09. The van der Waals surface area contributed by atoms with Crippen LogP contribution in [-0.2, 0) is 19.1 Å². The molecule has 0 aliphatic carbocycles. The third-order valence-electron chi connectivity index (χ3n) is 4.50. The maximum Gasteiger partial charge on any atom is 0.335 e. The van der Waals surface area contributed by atoms with E-state index in [1.807, 2.05) is 0 Å². The van der Waals surface area contributed by atoms with Gasteiger partial charge in [-0.3, -0.25) is 0 Å². The number of rotatable bonds is 2. The molecule has 0 spiro atoms. The first-order valence-corrected chi connectivity index (χ1v) is 7.86. The summed E-state index contributed by atoms with van der Waals surface area (Å²) in [6.45, 7) is 2.06. The maximum absolute atomic E-state index is 10.5. The van der Waals surface area contributed by atoms with Crippen molar-refractivity contribution in [2.45, 2.75) is 74.3 Å². The van der Waals surface area contributed by atoms with Gasteiger partial charge < -0.3 is 60.5 Å². The molecule has 0 aromatic rings. The number of aliphatic hydroxyl groups excluding tert-OH is 6. The van der Waals surface area contributed by atoms with E-state index in [1.54, 1.807) is 0 Å². The molecule has 0 aromatic carbocycles. The summed E-state index contributed by atoms with van der Waals surface area (Å²) in [7, 11) is 0. The molecule has 2 fully saturated rings. The zero-order valence-electron chi connectivity index (χ0n) is 14.7. The lowest BCUT2D eigenvalue weighted by Gasteiger charge is -2.42. The monoisotopic (exact) mass is 416 g/mol. The smallest absolute Gasteiger partial charge is 0.335 e. The number of ether oxygens (including phenoxy) is 2. The van der Waals surface area contributed by atoms with Crippen molar-refractivity contribution < 1.29 is 70.1 Å². The zero-order valence-corrected chi connectivity index (χ0v) is 14.7. The van der Waals surface area contributed by atoms with E-state index in [1.165, 1.54) is 0 Å². The average molecular weight is 416 g/mol. The quantitative estimate of drug-likeness (QED) is 0.201. The van der Waals surface area contributed by atoms with Crippen LogP contribution in [-0.4, -0.2) is 123 Å². The van der Waals surface area contributed by atoms with Crippen LogP contribution >= 0.6 is 0 Å². The summed E-state index contributed by atoms with van der Waals surface area (Å²) in [5.41, 5.74) is -4.18. The van der Waals surface area contributed by atoms with Crippen molar-refractivity contribution in [3.05, 3.63) is 0 Å². The molecule has 0 radical (unpaired) electrons. The van der Waals surface area contributed by atoms with Gasteiger partial charge in [-0.1, -0.05) is 0 Å². The fourth-order valence-electron chi connectivity index (χ4n) is 2.44. The van der Waals surface area contributed by atoms with E-state index in [0.717, 1.165) is 13.8 Å². The van der Waals surface area contributed by atoms with Crippen molar-refractivity contribution in [2.24, 2.45) is 0 Å². The standard InChI is InChI=1S/2C7H12O7/c2*1-7(13)4(9)2(8)3(5(10)11)14-6(7)12/h2*2-4,6,8-9,12-13H,1H3,(H,10,11)/t2-,3?,4+,6-,7?;2-,3?,4-,6-,7?/m10/s1. The van der Waals surface area contributed by atoms with Gasteiger partial charge in [-0.25, -0.2) is 9.59 Å². The lowest BCUT2D eigenvalue weighted by Crippen LogP contribution is -2.65. The van der Waals surface area contributed by atoms with E-state index >= 15 is 0 Å². The van der Waals surface area contributed by atoms with E-state index in [0.29, 0.717) is 0 Å². The Kier molecular flexibility index (Phi) is 7.46. The van der Waals surface area contributed by atoms with Gasteiger partial charge >= 0.3 is 11.9 Å². The summed E-state index contributed by atoms with van der Waals surface area (Å²) >= 11 is 0. The van der Waals surface area contributed by atoms with Crippen LogP contribution < -0.4 is 0 Å². The van der Waals surface area contributed by atoms with Crippen LogP contribution in [0.2, 0.25) is 0 Å². The molecular weight excluding hydrogens is 392 g/mol. The Balaban J connectivity index is 0.000000280. The zero-order chi connectivity index (χ0) is 22.2. The van der Waals surface area contributed by atoms with Gasteiger partial charge in [-0.2, -0.15) is 0 Å². The minimum Gasteiger partial charge on any atom is -0.479 e. The van der Waals surface area contributed by atoms with Gasteiger partial charge in [0, 0.05) is 0 Å². The maximum atomic E-state index is 10.5. The molecule has 28 heavy (non-hydrogen) atoms. The van der Waals surface area contributed by atoms with E-state index in [-0.39, 0.29) is 0 Å². The van der Waals surface area contributed by atoms with Crippen molar-refractivity contribution in [2.75, 3.05) is 0 Å². The lowest BCUT2D eigenvalue weighted by molar-refractivity contribution is -0.316. The Morgan fingerprint density at radius 3 is 1.14 bits per heavy atom. The molecule has 2 rings (SSSR count). The van der Waals surface area contributed by atoms with Gasteiger partial charge in [0.05, 0.1) is 0 Å². The number of aliphatic hydroxyl groups is 8. The van der Waals surface area contributed by atoms with E-state index in [2.05, 4.69) is 9.47 Å². The van der Waals surface area contributed by atoms with Crippen LogP contribution in [0, 0.1) is 0 Å². The van der Waals surface area contributed by atoms with Gasteiger partial charge in [0.15, 0.2) is 24.8 Å². The van der Waals surface area contributed by atoms with Gasteiger partial charge in [0.2, 0.25) is 0 Å². The predicted molar refractivity (Wildman–Crippen MR) is 82.3 cm³/mol. The molecule has 14 nitrogen and oxygen atoms in total. The molecule has 0 aromatic heterocycles. The molecule has 2 heterocycles. The first-order valence-electron chi connectivity index (χ1n) is 7.86. The summed E-state index contributed by atoms with van der Waals surface area (Å²) in [5.74, 6) is -3.04. The third-order valence-corrected chi connectivity index (χ3v) is 4.50. The Bertz CT molecular complexity index is 526. The highest BCUT2D eigenvalue weighted by Crippen LogP contribution is 2.29. The summed E-state index contributed by atoms with van der Waals surface area (Å²) < 4.78 is 8.88. The topological polar surface area (TPSA) is 255 Å². The fraction of sp³-hybridized carbons (Fsp3) is 0.857. The highest BCUT2D eigenvalue weighted by atomic mass is 16.7. The number of hydrogen-bond donors (Lipinski definition) is 10. The third kappa shape index (κ3) is 4.57. The summed E-state index contributed by atoms with van der Waals surface area (Å²) in [5, 5.41) is 91.2. The number of aliphatic carboxylic acids is 2. The molecule has 2 saturated heterocycles. The van der Waals surface area contributed by atoms with Crippen LogP contribution in [0.1, 0.15) is 13.8 Å². The SMILES string of the molecule is CC1(O)[C@@H](O)OC(C(=O)O)[C@H](O)[C@@H]1O.CC1(O)[C@H](O)OC(C(=O)O)[C@@H](O)[C@@H]1O. The van der Waals surface area contributed by atoms with Gasteiger partial charge in [0.1, 0.15) is 35.6 Å². The second-order valence-corrected chi connectivity index (χ2v) is 6.82. The largest absolute Gasteiger partial charge is 0.479 e. The molecule has 4 unspecified atom stereocenters. The van der Waals surface area contributed by atoms with Crippen molar-refractivity contribution >= 4 is 11.9 Å². The molecule has 0 amide bonds. The highest BCUT2D eigenvalue weighted by Gasteiger charge is 2.54. The number of carboxylic acid groups (broad SMARTS) is 2. The van der Waals surface area contributed by atoms with E-state index in [9.17, 15) is 40.2 Å². The van der Waals surface area contributed by atoms with Crippen LogP contribution in [0.4, 0.5) is 0 Å². The van der Waals surface area contributed by atoms with Gasteiger partial charge in [-0.05, 0) is 13.8 Å². The average Bonchev–Trinajstić information content (AvgIpc) is 2.58. The molecule has 10 atom stereocenters. The molecule has 10 N–H and O–H groups in total. The second kappa shape index (κ2) is 8.50. The van der Waals surface area contributed by atoms with Crippen LogP contribution in [0.5, 0.6) is 0 Å². The first kappa shape index (κ1) is 24.6. The predicted octanol–water partition coefficient (Wildman–Crippen LogP) is -5.48. The summed E-state index contributed by atoms with van der Waals surface area (Å²) in [4.78, 5) is 21.0. The Hall–Kier alpha value is -1.46. The minimum absolute atomic E-state index is 1.03. The molecule has 2 aliphatic rings. The lowest BCUT2D eigenvalue weighted by atomic mass is 9.88. The molecule has 0 bridgehead atoms. The molecular formula is C14H24O14. The normalized spacial score (nSPS) is 48.9. The Labute approximate surface area is 157 Å². The van der Waals surface area contributed by atoms with Crippen molar-refractivity contribution in [3.8, 4) is 0 Å². The number of carboxylic acids is 2. The van der Waals surface area contributed by atoms with Crippen molar-refractivity contribution in [1.82, 2.24) is 0 Å². The first-order chi connectivity index (χ1) is 12.6. The summed E-state index contributed by atoms with van der Waals surface area (Å²) in [6.07, 6.45) is -14.4. The van der Waals surface area contributed by atoms with Crippen LogP contribution in [0.3, 0.4) is 0 Å². The molecule has 164 valence electrons. The number of carbonyl (C=O) groups is 2. The Morgan fingerprint density at radius 2 is 0.929 bits per heavy atom. The van der Waals surface area contributed by atoms with Crippen LogP contribution in [0.15, 0.2) is 0 Å². The molecule has 2 aliphatic heterocycles. The molecule has 0 saturated carbocycles.